The van der Waals surface area contributed by atoms with Gasteiger partial charge in [0.25, 0.3) is 0 Å². The number of nitrogens with one attached hydrogen (secondary N) is 2. The normalized spacial score (nSPS) is 24.3. The molecule has 2 unspecified atom stereocenters. The van der Waals surface area contributed by atoms with Gasteiger partial charge in [-0.05, 0) is 12.8 Å². The molecular weight excluding hydrogens is 136 g/mol. The Bertz CT molecular complexity index is 110. The van der Waals surface area contributed by atoms with E-state index in [2.05, 4.69) is 31.4 Å². The minimum atomic E-state index is 0.673. The van der Waals surface area contributed by atoms with E-state index in [9.17, 15) is 0 Å². The SMILES string of the molecule is CCC(C)C(C)NC1CNC1. The molecule has 0 radical (unpaired) electrons. The number of hydrogen-bond donors (Lipinski definition) is 2. The van der Waals surface area contributed by atoms with Gasteiger partial charge in [0.05, 0.1) is 0 Å². The lowest BCUT2D eigenvalue weighted by molar-refractivity contribution is 0.289. The minimum absolute atomic E-state index is 0.673. The van der Waals surface area contributed by atoms with E-state index in [4.69, 9.17) is 0 Å². The van der Waals surface area contributed by atoms with Crippen molar-refractivity contribution >= 4 is 0 Å². The Kier molecular flexibility index (Phi) is 3.34. The largest absolute Gasteiger partial charge is 0.314 e. The van der Waals surface area contributed by atoms with Crippen LogP contribution in [-0.2, 0) is 0 Å². The predicted molar refractivity (Wildman–Crippen MR) is 48.7 cm³/mol. The predicted octanol–water partition coefficient (Wildman–Crippen LogP) is 0.982. The summed E-state index contributed by atoms with van der Waals surface area (Å²) in [6, 6.07) is 1.41. The maximum Gasteiger partial charge on any atom is 0.0319 e. The molecule has 11 heavy (non-hydrogen) atoms. The third-order valence-electron chi connectivity index (χ3n) is 2.78. The first kappa shape index (κ1) is 9.01. The molecule has 1 rings (SSSR count). The summed E-state index contributed by atoms with van der Waals surface area (Å²) in [5.74, 6) is 0.801. The standard InChI is InChI=1S/C9H20N2/c1-4-7(2)8(3)11-9-5-10-6-9/h7-11H,4-6H2,1-3H3. The van der Waals surface area contributed by atoms with Crippen LogP contribution in [0, 0.1) is 5.92 Å². The van der Waals surface area contributed by atoms with Gasteiger partial charge in [-0.2, -0.15) is 0 Å². The van der Waals surface area contributed by atoms with Crippen LogP contribution in [0.3, 0.4) is 0 Å². The third-order valence-corrected chi connectivity index (χ3v) is 2.78. The highest BCUT2D eigenvalue weighted by molar-refractivity contribution is 4.84. The highest BCUT2D eigenvalue weighted by Crippen LogP contribution is 2.08. The first-order valence-corrected chi connectivity index (χ1v) is 4.70. The molecule has 1 fully saturated rings. The molecule has 66 valence electrons. The quantitative estimate of drug-likeness (QED) is 0.634. The van der Waals surface area contributed by atoms with Gasteiger partial charge in [-0.1, -0.05) is 20.3 Å². The molecule has 2 nitrogen and oxygen atoms in total. The Morgan fingerprint density at radius 1 is 1.45 bits per heavy atom. The van der Waals surface area contributed by atoms with Crippen LogP contribution in [0.15, 0.2) is 0 Å². The second kappa shape index (κ2) is 4.07. The fourth-order valence-corrected chi connectivity index (χ4v) is 1.30. The lowest BCUT2D eigenvalue weighted by Gasteiger charge is -2.33. The van der Waals surface area contributed by atoms with E-state index in [1.807, 2.05) is 0 Å². The summed E-state index contributed by atoms with van der Waals surface area (Å²) in [5.41, 5.74) is 0. The van der Waals surface area contributed by atoms with E-state index in [1.165, 1.54) is 6.42 Å². The molecule has 2 atom stereocenters. The van der Waals surface area contributed by atoms with Gasteiger partial charge in [-0.15, -0.1) is 0 Å². The molecule has 0 aromatic rings. The summed E-state index contributed by atoms with van der Waals surface area (Å²) in [5, 5.41) is 6.87. The highest BCUT2D eigenvalue weighted by Gasteiger charge is 2.20. The lowest BCUT2D eigenvalue weighted by Crippen LogP contribution is -2.58. The summed E-state index contributed by atoms with van der Waals surface area (Å²) in [6.07, 6.45) is 1.27. The smallest absolute Gasteiger partial charge is 0.0319 e. The van der Waals surface area contributed by atoms with Gasteiger partial charge in [-0.25, -0.2) is 0 Å². The third kappa shape index (κ3) is 2.46. The van der Waals surface area contributed by atoms with E-state index >= 15 is 0 Å². The molecular formula is C9H20N2. The van der Waals surface area contributed by atoms with Gasteiger partial charge in [0.15, 0.2) is 0 Å². The Morgan fingerprint density at radius 2 is 2.09 bits per heavy atom. The van der Waals surface area contributed by atoms with Crippen LogP contribution in [0.1, 0.15) is 27.2 Å². The van der Waals surface area contributed by atoms with Crippen molar-refractivity contribution in [2.75, 3.05) is 13.1 Å². The first-order chi connectivity index (χ1) is 5.24. The molecule has 1 aliphatic heterocycles. The van der Waals surface area contributed by atoms with Crippen molar-refractivity contribution in [1.82, 2.24) is 10.6 Å². The molecule has 2 N–H and O–H groups in total. The molecule has 0 saturated carbocycles. The van der Waals surface area contributed by atoms with E-state index in [-0.39, 0.29) is 0 Å². The van der Waals surface area contributed by atoms with Crippen LogP contribution in [0.25, 0.3) is 0 Å². The molecule has 1 saturated heterocycles. The van der Waals surface area contributed by atoms with Crippen molar-refractivity contribution in [1.29, 1.82) is 0 Å². The van der Waals surface area contributed by atoms with Crippen molar-refractivity contribution in [3.63, 3.8) is 0 Å². The fraction of sp³-hybridized carbons (Fsp3) is 1.00. The molecule has 0 bridgehead atoms. The maximum atomic E-state index is 3.60. The number of hydrogen-bond acceptors (Lipinski definition) is 2. The monoisotopic (exact) mass is 156 g/mol. The van der Waals surface area contributed by atoms with Crippen molar-refractivity contribution in [3.8, 4) is 0 Å². The van der Waals surface area contributed by atoms with Crippen LogP contribution < -0.4 is 10.6 Å². The summed E-state index contributed by atoms with van der Waals surface area (Å²) < 4.78 is 0. The fourth-order valence-electron chi connectivity index (χ4n) is 1.30. The average Bonchev–Trinajstić information content (AvgIpc) is 1.94. The van der Waals surface area contributed by atoms with E-state index in [0.717, 1.165) is 25.0 Å². The Labute approximate surface area is 69.8 Å². The van der Waals surface area contributed by atoms with Crippen LogP contribution in [0.4, 0.5) is 0 Å². The van der Waals surface area contributed by atoms with Gasteiger partial charge < -0.3 is 10.6 Å². The van der Waals surface area contributed by atoms with E-state index < -0.39 is 0 Å². The summed E-state index contributed by atoms with van der Waals surface area (Å²) in [7, 11) is 0. The zero-order valence-electron chi connectivity index (χ0n) is 7.85. The van der Waals surface area contributed by atoms with Gasteiger partial charge in [0, 0.05) is 25.2 Å². The Hall–Kier alpha value is -0.0800. The Morgan fingerprint density at radius 3 is 2.45 bits per heavy atom. The molecule has 0 aromatic heterocycles. The number of rotatable bonds is 4. The second-order valence-corrected chi connectivity index (χ2v) is 3.70. The molecule has 2 heteroatoms. The summed E-state index contributed by atoms with van der Waals surface area (Å²) in [6.45, 7) is 9.15. The zero-order valence-corrected chi connectivity index (χ0v) is 7.85. The highest BCUT2D eigenvalue weighted by atomic mass is 15.1. The summed E-state index contributed by atoms with van der Waals surface area (Å²) in [4.78, 5) is 0. The van der Waals surface area contributed by atoms with Crippen LogP contribution in [0.5, 0.6) is 0 Å². The van der Waals surface area contributed by atoms with E-state index in [0.29, 0.717) is 6.04 Å². The van der Waals surface area contributed by atoms with Crippen LogP contribution in [-0.4, -0.2) is 25.2 Å². The van der Waals surface area contributed by atoms with Crippen molar-refractivity contribution in [2.45, 2.75) is 39.3 Å². The van der Waals surface area contributed by atoms with Crippen molar-refractivity contribution < 1.29 is 0 Å². The van der Waals surface area contributed by atoms with Gasteiger partial charge in [-0.3, -0.25) is 0 Å². The lowest BCUT2D eigenvalue weighted by atomic mass is 9.99. The first-order valence-electron chi connectivity index (χ1n) is 4.70. The molecule has 0 aromatic carbocycles. The molecule has 0 amide bonds. The van der Waals surface area contributed by atoms with Gasteiger partial charge >= 0.3 is 0 Å². The molecule has 1 aliphatic rings. The molecule has 0 aliphatic carbocycles. The second-order valence-electron chi connectivity index (χ2n) is 3.70. The topological polar surface area (TPSA) is 24.1 Å². The van der Waals surface area contributed by atoms with Crippen molar-refractivity contribution in [3.05, 3.63) is 0 Å². The average molecular weight is 156 g/mol. The Balaban J connectivity index is 2.13. The zero-order chi connectivity index (χ0) is 8.27. The van der Waals surface area contributed by atoms with Gasteiger partial charge in [0.2, 0.25) is 0 Å². The van der Waals surface area contributed by atoms with Crippen molar-refractivity contribution in [2.24, 2.45) is 5.92 Å². The van der Waals surface area contributed by atoms with E-state index in [1.54, 1.807) is 0 Å². The van der Waals surface area contributed by atoms with Crippen LogP contribution in [0.2, 0.25) is 0 Å². The minimum Gasteiger partial charge on any atom is -0.314 e. The summed E-state index contributed by atoms with van der Waals surface area (Å²) >= 11 is 0. The maximum absolute atomic E-state index is 3.60. The van der Waals surface area contributed by atoms with Gasteiger partial charge in [0.1, 0.15) is 0 Å². The molecule has 0 spiro atoms. The van der Waals surface area contributed by atoms with Crippen LogP contribution >= 0.6 is 0 Å². The molecule has 1 heterocycles.